The molecule has 0 aliphatic rings. The molecule has 0 aliphatic heterocycles. The number of nitrogens with zero attached hydrogens (tertiary/aromatic N) is 1. The van der Waals surface area contributed by atoms with E-state index in [1.807, 2.05) is 72.5 Å². The quantitative estimate of drug-likeness (QED) is 0.537. The van der Waals surface area contributed by atoms with Gasteiger partial charge in [0.05, 0.1) is 6.04 Å². The molecule has 0 spiro atoms. The standard InChI is InChI=1S/C22H25NO3/c1-2-11-20(24)23(17-10-9-16-21(25)26)22(18-12-5-3-6-13-18)19-14-7-4-8-15-19/h2-8,11-15,22H,9-10,16-17H2,1H3,(H,25,26)/b11-2+. The molecule has 26 heavy (non-hydrogen) atoms. The summed E-state index contributed by atoms with van der Waals surface area (Å²) in [5, 5.41) is 8.85. The van der Waals surface area contributed by atoms with Crippen molar-refractivity contribution in [3.05, 3.63) is 83.9 Å². The van der Waals surface area contributed by atoms with Crippen LogP contribution in [0.15, 0.2) is 72.8 Å². The molecular formula is C22H25NO3. The number of unbranched alkanes of at least 4 members (excludes halogenated alkanes) is 1. The molecule has 0 aliphatic carbocycles. The Bertz CT molecular complexity index is 686. The first-order chi connectivity index (χ1) is 12.6. The summed E-state index contributed by atoms with van der Waals surface area (Å²) < 4.78 is 0. The Balaban J connectivity index is 2.34. The number of carbonyl (C=O) groups is 2. The molecule has 0 saturated heterocycles. The minimum Gasteiger partial charge on any atom is -0.481 e. The third-order valence-electron chi connectivity index (χ3n) is 4.17. The van der Waals surface area contributed by atoms with Crippen molar-refractivity contribution in [2.45, 2.75) is 32.2 Å². The molecule has 0 saturated carbocycles. The number of allylic oxidation sites excluding steroid dienone is 1. The van der Waals surface area contributed by atoms with Crippen LogP contribution in [0.2, 0.25) is 0 Å². The number of hydrogen-bond acceptors (Lipinski definition) is 2. The molecule has 0 heterocycles. The van der Waals surface area contributed by atoms with E-state index in [4.69, 9.17) is 5.11 Å². The van der Waals surface area contributed by atoms with Gasteiger partial charge in [-0.15, -0.1) is 0 Å². The first-order valence-corrected chi connectivity index (χ1v) is 8.88. The van der Waals surface area contributed by atoms with Crippen LogP contribution in [0.4, 0.5) is 0 Å². The number of carbonyl (C=O) groups excluding carboxylic acids is 1. The van der Waals surface area contributed by atoms with Crippen molar-refractivity contribution in [3.63, 3.8) is 0 Å². The summed E-state index contributed by atoms with van der Waals surface area (Å²) in [5.41, 5.74) is 2.07. The second kappa shape index (κ2) is 10.2. The van der Waals surface area contributed by atoms with Gasteiger partial charge in [0.2, 0.25) is 5.91 Å². The maximum atomic E-state index is 12.8. The Morgan fingerprint density at radius 2 is 1.50 bits per heavy atom. The van der Waals surface area contributed by atoms with Crippen LogP contribution in [-0.4, -0.2) is 28.4 Å². The highest BCUT2D eigenvalue weighted by Crippen LogP contribution is 2.29. The van der Waals surface area contributed by atoms with Crippen LogP contribution >= 0.6 is 0 Å². The lowest BCUT2D eigenvalue weighted by atomic mass is 9.96. The number of carboxylic acid groups (broad SMARTS) is 1. The van der Waals surface area contributed by atoms with Gasteiger partial charge in [-0.3, -0.25) is 9.59 Å². The lowest BCUT2D eigenvalue weighted by Crippen LogP contribution is -2.35. The fourth-order valence-electron chi connectivity index (χ4n) is 2.99. The number of hydrogen-bond donors (Lipinski definition) is 1. The fourth-order valence-corrected chi connectivity index (χ4v) is 2.99. The molecule has 0 bridgehead atoms. The summed E-state index contributed by atoms with van der Waals surface area (Å²) in [4.78, 5) is 25.4. The normalized spacial score (nSPS) is 11.0. The van der Waals surface area contributed by atoms with Crippen LogP contribution in [0.1, 0.15) is 43.4 Å². The summed E-state index contributed by atoms with van der Waals surface area (Å²) in [5.74, 6) is -0.875. The monoisotopic (exact) mass is 351 g/mol. The predicted molar refractivity (Wildman–Crippen MR) is 103 cm³/mol. The van der Waals surface area contributed by atoms with Crippen LogP contribution in [0, 0.1) is 0 Å². The summed E-state index contributed by atoms with van der Waals surface area (Å²) in [6, 6.07) is 19.6. The average molecular weight is 351 g/mol. The SMILES string of the molecule is C/C=C/C(=O)N(CCCCC(=O)O)C(c1ccccc1)c1ccccc1. The first kappa shape index (κ1) is 19.4. The van der Waals surface area contributed by atoms with E-state index in [1.165, 1.54) is 0 Å². The van der Waals surface area contributed by atoms with Gasteiger partial charge in [-0.25, -0.2) is 0 Å². The molecule has 0 unspecified atom stereocenters. The highest BCUT2D eigenvalue weighted by Gasteiger charge is 2.25. The maximum Gasteiger partial charge on any atom is 0.303 e. The van der Waals surface area contributed by atoms with Crippen LogP contribution < -0.4 is 0 Å². The van der Waals surface area contributed by atoms with Gasteiger partial charge in [-0.1, -0.05) is 66.7 Å². The zero-order valence-electron chi connectivity index (χ0n) is 15.0. The number of benzene rings is 2. The van der Waals surface area contributed by atoms with Gasteiger partial charge in [-0.2, -0.15) is 0 Å². The number of rotatable bonds is 9. The molecule has 0 aromatic heterocycles. The lowest BCUT2D eigenvalue weighted by Gasteiger charge is -2.32. The predicted octanol–water partition coefficient (Wildman–Crippen LogP) is 4.44. The molecule has 1 N–H and O–H groups in total. The molecule has 136 valence electrons. The first-order valence-electron chi connectivity index (χ1n) is 8.88. The number of amides is 1. The molecule has 4 heteroatoms. The van der Waals surface area contributed by atoms with E-state index in [-0.39, 0.29) is 18.4 Å². The second-order valence-corrected chi connectivity index (χ2v) is 6.11. The van der Waals surface area contributed by atoms with E-state index in [0.29, 0.717) is 19.4 Å². The van der Waals surface area contributed by atoms with Crippen LogP contribution in [0.3, 0.4) is 0 Å². The van der Waals surface area contributed by atoms with Gasteiger partial charge in [0.25, 0.3) is 0 Å². The largest absolute Gasteiger partial charge is 0.481 e. The van der Waals surface area contributed by atoms with Gasteiger partial charge >= 0.3 is 5.97 Å². The van der Waals surface area contributed by atoms with E-state index in [9.17, 15) is 9.59 Å². The summed E-state index contributed by atoms with van der Waals surface area (Å²) in [6.07, 6.45) is 4.61. The molecular weight excluding hydrogens is 326 g/mol. The van der Waals surface area contributed by atoms with Gasteiger partial charge in [0, 0.05) is 13.0 Å². The third kappa shape index (κ3) is 5.59. The molecule has 0 fully saturated rings. The minimum absolute atomic E-state index is 0.0690. The van der Waals surface area contributed by atoms with Gasteiger partial charge in [0.1, 0.15) is 0 Å². The Kier molecular flexibility index (Phi) is 7.62. The van der Waals surface area contributed by atoms with E-state index < -0.39 is 5.97 Å². The summed E-state index contributed by atoms with van der Waals surface area (Å²) in [7, 11) is 0. The zero-order chi connectivity index (χ0) is 18.8. The molecule has 2 aromatic carbocycles. The van der Waals surface area contributed by atoms with Crippen molar-refractivity contribution in [2.75, 3.05) is 6.54 Å². The Hall–Kier alpha value is -2.88. The fraction of sp³-hybridized carbons (Fsp3) is 0.273. The molecule has 2 rings (SSSR count). The zero-order valence-corrected chi connectivity index (χ0v) is 15.0. The van der Waals surface area contributed by atoms with Crippen LogP contribution in [0.5, 0.6) is 0 Å². The van der Waals surface area contributed by atoms with E-state index in [0.717, 1.165) is 11.1 Å². The molecule has 4 nitrogen and oxygen atoms in total. The second-order valence-electron chi connectivity index (χ2n) is 6.11. The number of aliphatic carboxylic acids is 1. The van der Waals surface area contributed by atoms with Crippen LogP contribution in [0.25, 0.3) is 0 Å². The maximum absolute atomic E-state index is 12.8. The number of carboxylic acids is 1. The highest BCUT2D eigenvalue weighted by molar-refractivity contribution is 5.88. The Labute approximate surface area is 154 Å². The minimum atomic E-state index is -0.806. The van der Waals surface area contributed by atoms with Crippen molar-refractivity contribution in [1.82, 2.24) is 4.90 Å². The van der Waals surface area contributed by atoms with Gasteiger partial charge < -0.3 is 10.0 Å². The Morgan fingerprint density at radius 1 is 0.962 bits per heavy atom. The van der Waals surface area contributed by atoms with E-state index in [1.54, 1.807) is 12.2 Å². The van der Waals surface area contributed by atoms with Crippen molar-refractivity contribution < 1.29 is 14.7 Å². The molecule has 0 radical (unpaired) electrons. The summed E-state index contributed by atoms with van der Waals surface area (Å²) >= 11 is 0. The van der Waals surface area contributed by atoms with Gasteiger partial charge in [-0.05, 0) is 37.0 Å². The molecule has 0 atom stereocenters. The van der Waals surface area contributed by atoms with Crippen molar-refractivity contribution >= 4 is 11.9 Å². The van der Waals surface area contributed by atoms with Crippen LogP contribution in [-0.2, 0) is 9.59 Å². The van der Waals surface area contributed by atoms with Crippen molar-refractivity contribution in [1.29, 1.82) is 0 Å². The van der Waals surface area contributed by atoms with E-state index in [2.05, 4.69) is 0 Å². The van der Waals surface area contributed by atoms with Crippen molar-refractivity contribution in [3.8, 4) is 0 Å². The summed E-state index contributed by atoms with van der Waals surface area (Å²) in [6.45, 7) is 2.32. The lowest BCUT2D eigenvalue weighted by molar-refractivity contribution is -0.137. The van der Waals surface area contributed by atoms with Gasteiger partial charge in [0.15, 0.2) is 0 Å². The van der Waals surface area contributed by atoms with Crippen molar-refractivity contribution in [2.24, 2.45) is 0 Å². The molecule has 2 aromatic rings. The van der Waals surface area contributed by atoms with E-state index >= 15 is 0 Å². The topological polar surface area (TPSA) is 57.6 Å². The highest BCUT2D eigenvalue weighted by atomic mass is 16.4. The third-order valence-corrected chi connectivity index (χ3v) is 4.17. The Morgan fingerprint density at radius 3 is 1.96 bits per heavy atom. The molecule has 1 amide bonds. The average Bonchev–Trinajstić information content (AvgIpc) is 2.65. The smallest absolute Gasteiger partial charge is 0.303 e.